The van der Waals surface area contributed by atoms with Crippen LogP contribution in [0.2, 0.25) is 0 Å². The monoisotopic (exact) mass is 344 g/mol. The molecule has 134 valence electrons. The molecule has 2 aliphatic rings. The Hall–Kier alpha value is -2.19. The number of nitrogens with one attached hydrogen (secondary N) is 1. The Morgan fingerprint density at radius 3 is 2.76 bits per heavy atom. The normalized spacial score (nSPS) is 22.8. The Kier molecular flexibility index (Phi) is 4.09. The zero-order chi connectivity index (χ0) is 17.6. The zero-order valence-electron chi connectivity index (χ0n) is 14.7. The maximum atomic E-state index is 13.0. The van der Waals surface area contributed by atoms with Gasteiger partial charge in [-0.25, -0.2) is 9.50 Å². The number of rotatable bonds is 2. The number of likely N-dealkylation sites (tertiary alicyclic amines) is 1. The third-order valence-corrected chi connectivity index (χ3v) is 5.50. The molecule has 2 fully saturated rings. The number of nitrogens with zero attached hydrogens (tertiary/aromatic N) is 5. The number of piperazine rings is 1. The molecule has 0 saturated carbocycles. The highest BCUT2D eigenvalue weighted by Crippen LogP contribution is 2.20. The second-order valence-electron chi connectivity index (χ2n) is 7.10. The van der Waals surface area contributed by atoms with Crippen LogP contribution in [-0.4, -0.2) is 87.6 Å². The molecule has 4 rings (SSSR count). The highest BCUT2D eigenvalue weighted by Gasteiger charge is 2.32. The van der Waals surface area contributed by atoms with Gasteiger partial charge in [0, 0.05) is 57.6 Å². The Balaban J connectivity index is 1.50. The van der Waals surface area contributed by atoms with E-state index >= 15 is 0 Å². The number of H-pyrrole nitrogens is 1. The van der Waals surface area contributed by atoms with Crippen molar-refractivity contribution in [2.45, 2.75) is 19.4 Å². The highest BCUT2D eigenvalue weighted by atomic mass is 16.2. The average molecular weight is 344 g/mol. The minimum atomic E-state index is -0.212. The molecule has 0 aliphatic carbocycles. The summed E-state index contributed by atoms with van der Waals surface area (Å²) in [6.45, 7) is 7.70. The van der Waals surface area contributed by atoms with Crippen LogP contribution >= 0.6 is 0 Å². The molecule has 25 heavy (non-hydrogen) atoms. The summed E-state index contributed by atoms with van der Waals surface area (Å²) in [6, 6.07) is 1.88. The number of likely N-dealkylation sites (N-methyl/N-ethyl adjacent to an activating group) is 1. The van der Waals surface area contributed by atoms with Crippen molar-refractivity contribution in [3.63, 3.8) is 0 Å². The SMILES string of the molecule is Cc1c(C(=O)N2CCC(N3CCN(C)CC3)C2)cnc2cc(=O)[nH]n12. The summed E-state index contributed by atoms with van der Waals surface area (Å²) in [7, 11) is 2.15. The van der Waals surface area contributed by atoms with Crippen LogP contribution in [0.15, 0.2) is 17.1 Å². The first kappa shape index (κ1) is 16.3. The van der Waals surface area contributed by atoms with Crippen molar-refractivity contribution in [2.24, 2.45) is 0 Å². The molecule has 2 aliphatic heterocycles. The molecule has 2 aromatic rings. The molecular weight excluding hydrogens is 320 g/mol. The average Bonchev–Trinajstić information content (AvgIpc) is 3.22. The molecule has 8 heteroatoms. The molecule has 1 atom stereocenters. The second-order valence-corrected chi connectivity index (χ2v) is 7.10. The minimum Gasteiger partial charge on any atom is -0.337 e. The fraction of sp³-hybridized carbons (Fsp3) is 0.588. The molecular formula is C17H24N6O2. The lowest BCUT2D eigenvalue weighted by Crippen LogP contribution is -2.50. The third kappa shape index (κ3) is 2.96. The van der Waals surface area contributed by atoms with E-state index in [1.165, 1.54) is 6.07 Å². The predicted molar refractivity (Wildman–Crippen MR) is 93.9 cm³/mol. The van der Waals surface area contributed by atoms with Gasteiger partial charge in [-0.15, -0.1) is 0 Å². The van der Waals surface area contributed by atoms with Crippen molar-refractivity contribution in [1.82, 2.24) is 29.3 Å². The van der Waals surface area contributed by atoms with Gasteiger partial charge in [0.05, 0.1) is 11.3 Å². The summed E-state index contributed by atoms with van der Waals surface area (Å²) < 4.78 is 1.59. The minimum absolute atomic E-state index is 0.00178. The van der Waals surface area contributed by atoms with Crippen LogP contribution in [0, 0.1) is 6.92 Å². The van der Waals surface area contributed by atoms with Crippen LogP contribution in [0.25, 0.3) is 5.65 Å². The van der Waals surface area contributed by atoms with Gasteiger partial charge in [0.15, 0.2) is 5.65 Å². The van der Waals surface area contributed by atoms with Crippen molar-refractivity contribution >= 4 is 11.6 Å². The standard InChI is InChI=1S/C17H24N6O2/c1-12-14(10-18-15-9-16(24)19-23(12)15)17(25)22-4-3-13(11-22)21-7-5-20(2)6-8-21/h9-10,13H,3-8,11H2,1-2H3,(H,19,24). The Morgan fingerprint density at radius 1 is 1.24 bits per heavy atom. The maximum absolute atomic E-state index is 13.0. The lowest BCUT2D eigenvalue weighted by molar-refractivity contribution is 0.0753. The summed E-state index contributed by atoms with van der Waals surface area (Å²) in [6.07, 6.45) is 2.61. The van der Waals surface area contributed by atoms with Crippen LogP contribution in [0.1, 0.15) is 22.5 Å². The van der Waals surface area contributed by atoms with Crippen molar-refractivity contribution in [2.75, 3.05) is 46.3 Å². The molecule has 0 spiro atoms. The lowest BCUT2D eigenvalue weighted by Gasteiger charge is -2.36. The van der Waals surface area contributed by atoms with Crippen molar-refractivity contribution in [3.05, 3.63) is 33.9 Å². The quantitative estimate of drug-likeness (QED) is 0.816. The summed E-state index contributed by atoms with van der Waals surface area (Å²) in [5.74, 6) is -0.00178. The van der Waals surface area contributed by atoms with Gasteiger partial charge in [0.2, 0.25) is 0 Å². The summed E-state index contributed by atoms with van der Waals surface area (Å²) in [4.78, 5) is 35.5. The molecule has 1 N–H and O–H groups in total. The Morgan fingerprint density at radius 2 is 2.00 bits per heavy atom. The van der Waals surface area contributed by atoms with Crippen LogP contribution in [0.4, 0.5) is 0 Å². The first-order valence-corrected chi connectivity index (χ1v) is 8.82. The number of hydrogen-bond acceptors (Lipinski definition) is 5. The number of hydrogen-bond donors (Lipinski definition) is 1. The number of carbonyl (C=O) groups is 1. The van der Waals surface area contributed by atoms with Crippen LogP contribution in [-0.2, 0) is 0 Å². The van der Waals surface area contributed by atoms with Gasteiger partial charge in [0.25, 0.3) is 11.5 Å². The molecule has 0 bridgehead atoms. The van der Waals surface area contributed by atoms with Gasteiger partial charge in [0.1, 0.15) is 0 Å². The van der Waals surface area contributed by atoms with Crippen molar-refractivity contribution < 1.29 is 4.79 Å². The highest BCUT2D eigenvalue weighted by molar-refractivity contribution is 5.95. The van der Waals surface area contributed by atoms with E-state index in [0.717, 1.165) is 51.4 Å². The van der Waals surface area contributed by atoms with Crippen LogP contribution < -0.4 is 5.56 Å². The van der Waals surface area contributed by atoms with E-state index in [-0.39, 0.29) is 11.5 Å². The fourth-order valence-electron chi connectivity index (χ4n) is 3.87. The summed E-state index contributed by atoms with van der Waals surface area (Å²) in [5, 5.41) is 2.69. The number of carbonyl (C=O) groups excluding carboxylic acids is 1. The molecule has 1 unspecified atom stereocenters. The van der Waals surface area contributed by atoms with E-state index in [1.807, 2.05) is 11.8 Å². The molecule has 0 aromatic carbocycles. The molecule has 4 heterocycles. The smallest absolute Gasteiger partial charge is 0.266 e. The lowest BCUT2D eigenvalue weighted by atomic mass is 10.2. The third-order valence-electron chi connectivity index (χ3n) is 5.50. The Labute approximate surface area is 146 Å². The molecule has 1 amide bonds. The van der Waals surface area contributed by atoms with Gasteiger partial charge in [-0.05, 0) is 20.4 Å². The number of amides is 1. The molecule has 2 saturated heterocycles. The second kappa shape index (κ2) is 6.27. The Bertz CT molecular complexity index is 848. The first-order valence-electron chi connectivity index (χ1n) is 8.82. The van der Waals surface area contributed by atoms with Gasteiger partial charge < -0.3 is 9.80 Å². The predicted octanol–water partition coefficient (Wildman–Crippen LogP) is -0.207. The number of fused-ring (bicyclic) bond motifs is 1. The topological polar surface area (TPSA) is 77.0 Å². The van der Waals surface area contributed by atoms with E-state index in [1.54, 1.807) is 10.7 Å². The van der Waals surface area contributed by atoms with E-state index in [2.05, 4.69) is 26.9 Å². The van der Waals surface area contributed by atoms with Crippen LogP contribution in [0.5, 0.6) is 0 Å². The zero-order valence-corrected chi connectivity index (χ0v) is 14.7. The van der Waals surface area contributed by atoms with Gasteiger partial charge in [-0.2, -0.15) is 0 Å². The van der Waals surface area contributed by atoms with Crippen molar-refractivity contribution in [1.29, 1.82) is 0 Å². The number of aryl methyl sites for hydroxylation is 1. The van der Waals surface area contributed by atoms with E-state index < -0.39 is 0 Å². The van der Waals surface area contributed by atoms with Gasteiger partial charge in [-0.3, -0.25) is 19.6 Å². The molecule has 2 aromatic heterocycles. The number of aromatic nitrogens is 3. The largest absolute Gasteiger partial charge is 0.337 e. The van der Waals surface area contributed by atoms with Gasteiger partial charge in [-0.1, -0.05) is 0 Å². The summed E-state index contributed by atoms with van der Waals surface area (Å²) >= 11 is 0. The number of aromatic amines is 1. The van der Waals surface area contributed by atoms with E-state index in [0.29, 0.717) is 17.3 Å². The summed E-state index contributed by atoms with van der Waals surface area (Å²) in [5.41, 5.74) is 1.60. The maximum Gasteiger partial charge on any atom is 0.266 e. The molecule has 0 radical (unpaired) electrons. The van der Waals surface area contributed by atoms with E-state index in [4.69, 9.17) is 0 Å². The van der Waals surface area contributed by atoms with Gasteiger partial charge >= 0.3 is 0 Å². The fourth-order valence-corrected chi connectivity index (χ4v) is 3.87. The first-order chi connectivity index (χ1) is 12.0. The molecule has 8 nitrogen and oxygen atoms in total. The van der Waals surface area contributed by atoms with E-state index in [9.17, 15) is 9.59 Å². The van der Waals surface area contributed by atoms with Crippen molar-refractivity contribution in [3.8, 4) is 0 Å². The van der Waals surface area contributed by atoms with Crippen LogP contribution in [0.3, 0.4) is 0 Å².